The number of piperazine rings is 1. The number of ether oxygens (including phenoxy) is 2. The van der Waals surface area contributed by atoms with E-state index in [0.29, 0.717) is 30.2 Å². The lowest BCUT2D eigenvalue weighted by Gasteiger charge is -2.34. The van der Waals surface area contributed by atoms with Crippen molar-refractivity contribution in [3.63, 3.8) is 0 Å². The van der Waals surface area contributed by atoms with E-state index in [0.717, 1.165) is 36.8 Å². The number of rotatable bonds is 8. The standard InChI is InChI=1S/C21H28N4O4S/c1-4-19-23-16(14-30-19)13-24-7-9-25(10-8-24)20(26)12-22-21(27)15-5-6-17(28-2)18(11-15)29-3/h5-6,11,14H,4,7-10,12-13H2,1-3H3,(H,22,27). The van der Waals surface area contributed by atoms with E-state index in [1.165, 1.54) is 14.2 Å². The number of carbonyl (C=O) groups excluding carboxylic acids is 2. The third-order valence-electron chi connectivity index (χ3n) is 5.06. The van der Waals surface area contributed by atoms with Gasteiger partial charge in [0.2, 0.25) is 5.91 Å². The fourth-order valence-electron chi connectivity index (χ4n) is 3.32. The molecule has 30 heavy (non-hydrogen) atoms. The van der Waals surface area contributed by atoms with Gasteiger partial charge in [0, 0.05) is 43.7 Å². The van der Waals surface area contributed by atoms with Crippen molar-refractivity contribution in [2.24, 2.45) is 0 Å². The number of carbonyl (C=O) groups is 2. The molecule has 1 fully saturated rings. The van der Waals surface area contributed by atoms with E-state index in [1.54, 1.807) is 34.4 Å². The van der Waals surface area contributed by atoms with Gasteiger partial charge in [0.25, 0.3) is 5.91 Å². The highest BCUT2D eigenvalue weighted by Crippen LogP contribution is 2.27. The highest BCUT2D eigenvalue weighted by Gasteiger charge is 2.22. The summed E-state index contributed by atoms with van der Waals surface area (Å²) in [5.74, 6) is 0.619. The van der Waals surface area contributed by atoms with E-state index < -0.39 is 0 Å². The Hall–Kier alpha value is -2.65. The van der Waals surface area contributed by atoms with E-state index in [1.807, 2.05) is 0 Å². The molecule has 8 nitrogen and oxygen atoms in total. The number of aryl methyl sites for hydroxylation is 1. The number of nitrogens with zero attached hydrogens (tertiary/aromatic N) is 3. The minimum Gasteiger partial charge on any atom is -0.493 e. The van der Waals surface area contributed by atoms with E-state index in [-0.39, 0.29) is 18.4 Å². The Kier molecular flexibility index (Phi) is 7.64. The summed E-state index contributed by atoms with van der Waals surface area (Å²) in [6.07, 6.45) is 0.960. The number of thiazole rings is 1. The molecule has 162 valence electrons. The van der Waals surface area contributed by atoms with Crippen molar-refractivity contribution in [3.8, 4) is 11.5 Å². The largest absolute Gasteiger partial charge is 0.493 e. The third-order valence-corrected chi connectivity index (χ3v) is 6.10. The molecule has 0 radical (unpaired) electrons. The first kappa shape index (κ1) is 22.0. The lowest BCUT2D eigenvalue weighted by atomic mass is 10.2. The number of amides is 2. The van der Waals surface area contributed by atoms with Crippen LogP contribution in [0.1, 0.15) is 28.0 Å². The van der Waals surface area contributed by atoms with Crippen molar-refractivity contribution in [1.29, 1.82) is 0 Å². The summed E-state index contributed by atoms with van der Waals surface area (Å²) in [6, 6.07) is 4.91. The fourth-order valence-corrected chi connectivity index (χ4v) is 4.05. The molecular weight excluding hydrogens is 404 g/mol. The summed E-state index contributed by atoms with van der Waals surface area (Å²) in [7, 11) is 3.05. The highest BCUT2D eigenvalue weighted by atomic mass is 32.1. The van der Waals surface area contributed by atoms with Crippen LogP contribution in [0.15, 0.2) is 23.6 Å². The first-order chi connectivity index (χ1) is 14.5. The van der Waals surface area contributed by atoms with Crippen LogP contribution in [0.25, 0.3) is 0 Å². The van der Waals surface area contributed by atoms with E-state index in [2.05, 4.69) is 27.5 Å². The van der Waals surface area contributed by atoms with Crippen molar-refractivity contribution in [3.05, 3.63) is 39.8 Å². The van der Waals surface area contributed by atoms with Crippen molar-refractivity contribution >= 4 is 23.2 Å². The van der Waals surface area contributed by atoms with Gasteiger partial charge < -0.3 is 19.7 Å². The van der Waals surface area contributed by atoms with Gasteiger partial charge >= 0.3 is 0 Å². The predicted octanol–water partition coefficient (Wildman–Crippen LogP) is 1.80. The summed E-state index contributed by atoms with van der Waals surface area (Å²) in [5.41, 5.74) is 1.51. The maximum atomic E-state index is 12.5. The van der Waals surface area contributed by atoms with Crippen LogP contribution in [-0.4, -0.2) is 73.5 Å². The van der Waals surface area contributed by atoms with Gasteiger partial charge in [-0.05, 0) is 24.6 Å². The van der Waals surface area contributed by atoms with E-state index in [4.69, 9.17) is 9.47 Å². The Bertz CT molecular complexity index is 878. The Morgan fingerprint density at radius 1 is 1.13 bits per heavy atom. The van der Waals surface area contributed by atoms with Crippen LogP contribution in [0.5, 0.6) is 11.5 Å². The molecule has 0 bridgehead atoms. The van der Waals surface area contributed by atoms with Gasteiger partial charge in [-0.15, -0.1) is 11.3 Å². The first-order valence-electron chi connectivity index (χ1n) is 9.97. The molecule has 9 heteroatoms. The monoisotopic (exact) mass is 432 g/mol. The van der Waals surface area contributed by atoms with Crippen molar-refractivity contribution in [2.45, 2.75) is 19.9 Å². The summed E-state index contributed by atoms with van der Waals surface area (Å²) >= 11 is 1.70. The minimum atomic E-state index is -0.321. The normalized spacial score (nSPS) is 14.4. The third kappa shape index (κ3) is 5.48. The molecule has 2 heterocycles. The molecular formula is C21H28N4O4S. The molecule has 1 aliphatic heterocycles. The summed E-state index contributed by atoms with van der Waals surface area (Å²) in [4.78, 5) is 33.6. The van der Waals surface area contributed by atoms with Crippen LogP contribution in [-0.2, 0) is 17.8 Å². The smallest absolute Gasteiger partial charge is 0.251 e. The molecule has 0 aliphatic carbocycles. The lowest BCUT2D eigenvalue weighted by Crippen LogP contribution is -2.50. The molecule has 1 N–H and O–H groups in total. The second-order valence-electron chi connectivity index (χ2n) is 7.00. The van der Waals surface area contributed by atoms with Crippen molar-refractivity contribution in [1.82, 2.24) is 20.1 Å². The second-order valence-corrected chi connectivity index (χ2v) is 7.94. The lowest BCUT2D eigenvalue weighted by molar-refractivity contribution is -0.131. The van der Waals surface area contributed by atoms with Crippen molar-refractivity contribution < 1.29 is 19.1 Å². The predicted molar refractivity (Wildman–Crippen MR) is 115 cm³/mol. The average molecular weight is 433 g/mol. The Labute approximate surface area is 180 Å². The van der Waals surface area contributed by atoms with Crippen molar-refractivity contribution in [2.75, 3.05) is 46.9 Å². The topological polar surface area (TPSA) is 84.0 Å². The van der Waals surface area contributed by atoms with Gasteiger partial charge in [0.15, 0.2) is 11.5 Å². The molecule has 2 amide bonds. The van der Waals surface area contributed by atoms with Gasteiger partial charge in [-0.2, -0.15) is 0 Å². The minimum absolute atomic E-state index is 0.0286. The van der Waals surface area contributed by atoms with E-state index >= 15 is 0 Å². The second kappa shape index (κ2) is 10.4. The maximum absolute atomic E-state index is 12.5. The Morgan fingerprint density at radius 3 is 2.50 bits per heavy atom. The molecule has 0 saturated carbocycles. The first-order valence-corrected chi connectivity index (χ1v) is 10.9. The maximum Gasteiger partial charge on any atom is 0.251 e. The van der Waals surface area contributed by atoms with Gasteiger partial charge in [0.05, 0.1) is 31.5 Å². The quantitative estimate of drug-likeness (QED) is 0.685. The molecule has 1 aliphatic rings. The number of hydrogen-bond donors (Lipinski definition) is 1. The van der Waals surface area contributed by atoms with Crippen LogP contribution in [0.4, 0.5) is 0 Å². The van der Waals surface area contributed by atoms with E-state index in [9.17, 15) is 9.59 Å². The Balaban J connectivity index is 1.45. The SMILES string of the molecule is CCc1nc(CN2CCN(C(=O)CNC(=O)c3ccc(OC)c(OC)c3)CC2)cs1. The molecule has 1 aromatic heterocycles. The summed E-state index contributed by atoms with van der Waals surface area (Å²) in [5, 5.41) is 5.96. The average Bonchev–Trinajstić information content (AvgIpc) is 3.24. The number of hydrogen-bond acceptors (Lipinski definition) is 7. The number of methoxy groups -OCH3 is 2. The Morgan fingerprint density at radius 2 is 1.87 bits per heavy atom. The van der Waals surface area contributed by atoms with Gasteiger partial charge in [-0.3, -0.25) is 14.5 Å². The molecule has 0 spiro atoms. The molecule has 1 saturated heterocycles. The fraction of sp³-hybridized carbons (Fsp3) is 0.476. The molecule has 0 atom stereocenters. The van der Waals surface area contributed by atoms with Crippen LogP contribution in [0.3, 0.4) is 0 Å². The van der Waals surface area contributed by atoms with Crippen LogP contribution in [0, 0.1) is 0 Å². The zero-order valence-electron chi connectivity index (χ0n) is 17.6. The van der Waals surface area contributed by atoms with Gasteiger partial charge in [-0.1, -0.05) is 6.92 Å². The molecule has 2 aromatic rings. The van der Waals surface area contributed by atoms with Gasteiger partial charge in [0.1, 0.15) is 0 Å². The van der Waals surface area contributed by atoms with Crippen LogP contribution in [0.2, 0.25) is 0 Å². The number of aromatic nitrogens is 1. The zero-order valence-corrected chi connectivity index (χ0v) is 18.5. The van der Waals surface area contributed by atoms with Crippen LogP contribution >= 0.6 is 11.3 Å². The number of nitrogens with one attached hydrogen (secondary N) is 1. The highest BCUT2D eigenvalue weighted by molar-refractivity contribution is 7.09. The van der Waals surface area contributed by atoms with Gasteiger partial charge in [-0.25, -0.2) is 4.98 Å². The number of benzene rings is 1. The zero-order chi connectivity index (χ0) is 21.5. The van der Waals surface area contributed by atoms with Crippen LogP contribution < -0.4 is 14.8 Å². The summed E-state index contributed by atoms with van der Waals surface area (Å²) in [6.45, 7) is 5.79. The molecule has 3 rings (SSSR count). The summed E-state index contributed by atoms with van der Waals surface area (Å²) < 4.78 is 10.4. The molecule has 0 unspecified atom stereocenters. The molecule has 1 aromatic carbocycles.